The predicted octanol–water partition coefficient (Wildman–Crippen LogP) is 3.25. The van der Waals surface area contributed by atoms with Crippen molar-refractivity contribution in [1.29, 1.82) is 0 Å². The van der Waals surface area contributed by atoms with Crippen LogP contribution in [-0.4, -0.2) is 35.8 Å². The van der Waals surface area contributed by atoms with Gasteiger partial charge in [0.1, 0.15) is 0 Å². The Hall–Kier alpha value is -2.16. The molecule has 3 rings (SSSR count). The standard InChI is InChI=1S/C20H25BN2O4S/c1-13(24)22-11-16(21-26-19(2,3)20(4,5)27-21)10-14-6-8-15(9-7-14)17-12-28-18(25)23-17/h6-10,12H,11H2,1-5H3,(H,22,24)(H,23,25). The summed E-state index contributed by atoms with van der Waals surface area (Å²) in [4.78, 5) is 25.5. The van der Waals surface area contributed by atoms with Gasteiger partial charge in [-0.05, 0) is 44.3 Å². The molecule has 1 aliphatic heterocycles. The third-order valence-corrected chi connectivity index (χ3v) is 5.86. The molecule has 0 spiro atoms. The van der Waals surface area contributed by atoms with Crippen LogP contribution in [-0.2, 0) is 14.1 Å². The molecule has 0 saturated carbocycles. The van der Waals surface area contributed by atoms with Crippen LogP contribution < -0.4 is 10.2 Å². The van der Waals surface area contributed by atoms with Gasteiger partial charge in [-0.15, -0.1) is 0 Å². The van der Waals surface area contributed by atoms with Crippen LogP contribution in [0.3, 0.4) is 0 Å². The van der Waals surface area contributed by atoms with Crippen LogP contribution in [0.4, 0.5) is 0 Å². The van der Waals surface area contributed by atoms with Crippen molar-refractivity contribution in [2.24, 2.45) is 0 Å². The molecule has 148 valence electrons. The van der Waals surface area contributed by atoms with Crippen LogP contribution in [0.2, 0.25) is 0 Å². The summed E-state index contributed by atoms with van der Waals surface area (Å²) in [7, 11) is -0.537. The number of amides is 1. The van der Waals surface area contributed by atoms with E-state index in [2.05, 4.69) is 10.3 Å². The summed E-state index contributed by atoms with van der Waals surface area (Å²) >= 11 is 1.14. The zero-order chi connectivity index (χ0) is 20.5. The predicted molar refractivity (Wildman–Crippen MR) is 113 cm³/mol. The topological polar surface area (TPSA) is 80.4 Å². The first-order valence-corrected chi connectivity index (χ1v) is 10.0. The largest absolute Gasteiger partial charge is 0.492 e. The van der Waals surface area contributed by atoms with Gasteiger partial charge in [0, 0.05) is 18.8 Å². The van der Waals surface area contributed by atoms with Crippen molar-refractivity contribution in [2.45, 2.75) is 45.8 Å². The molecule has 1 aliphatic rings. The van der Waals surface area contributed by atoms with Crippen molar-refractivity contribution < 1.29 is 14.1 Å². The van der Waals surface area contributed by atoms with E-state index < -0.39 is 18.3 Å². The molecule has 2 N–H and O–H groups in total. The molecule has 0 unspecified atom stereocenters. The molecule has 0 bridgehead atoms. The van der Waals surface area contributed by atoms with E-state index in [-0.39, 0.29) is 10.8 Å². The van der Waals surface area contributed by atoms with Crippen LogP contribution in [0.5, 0.6) is 0 Å². The molecular weight excluding hydrogens is 375 g/mol. The summed E-state index contributed by atoms with van der Waals surface area (Å²) in [6.07, 6.45) is 1.97. The van der Waals surface area contributed by atoms with E-state index in [1.807, 2.05) is 58.0 Å². The average molecular weight is 400 g/mol. The van der Waals surface area contributed by atoms with E-state index in [1.54, 1.807) is 5.38 Å². The Morgan fingerprint density at radius 1 is 1.18 bits per heavy atom. The second-order valence-electron chi connectivity index (χ2n) is 7.90. The van der Waals surface area contributed by atoms with Gasteiger partial charge in [-0.2, -0.15) is 0 Å². The summed E-state index contributed by atoms with van der Waals surface area (Å²) in [5.74, 6) is -0.112. The Labute approximate surface area is 169 Å². The molecule has 1 saturated heterocycles. The number of aromatic amines is 1. The van der Waals surface area contributed by atoms with Crippen LogP contribution >= 0.6 is 11.3 Å². The van der Waals surface area contributed by atoms with Gasteiger partial charge in [-0.1, -0.05) is 41.7 Å². The highest BCUT2D eigenvalue weighted by atomic mass is 32.1. The number of thiazole rings is 1. The minimum absolute atomic E-state index is 0.0719. The zero-order valence-corrected chi connectivity index (χ0v) is 17.6. The maximum atomic E-state index is 11.4. The maximum Gasteiger partial charge on any atom is 0.492 e. The fourth-order valence-corrected chi connectivity index (χ4v) is 3.41. The minimum atomic E-state index is -0.537. The van der Waals surface area contributed by atoms with E-state index in [9.17, 15) is 9.59 Å². The highest BCUT2D eigenvalue weighted by Crippen LogP contribution is 2.38. The SMILES string of the molecule is CC(=O)NCC(=Cc1ccc(-c2csc(=O)[nH]2)cc1)B1OC(C)(C)C(C)(C)O1. The maximum absolute atomic E-state index is 11.4. The van der Waals surface area contributed by atoms with Gasteiger partial charge < -0.3 is 19.6 Å². The van der Waals surface area contributed by atoms with Gasteiger partial charge in [0.05, 0.1) is 16.9 Å². The first kappa shape index (κ1) is 20.6. The summed E-state index contributed by atoms with van der Waals surface area (Å²) in [6.45, 7) is 9.82. The van der Waals surface area contributed by atoms with Gasteiger partial charge in [-0.25, -0.2) is 0 Å². The Morgan fingerprint density at radius 3 is 2.29 bits per heavy atom. The smallest absolute Gasteiger partial charge is 0.400 e. The lowest BCUT2D eigenvalue weighted by atomic mass is 9.77. The number of carbonyl (C=O) groups excluding carboxylic acids is 1. The average Bonchev–Trinajstić information content (AvgIpc) is 3.12. The summed E-state index contributed by atoms with van der Waals surface area (Å²) < 4.78 is 12.3. The Bertz CT molecular complexity index is 928. The summed E-state index contributed by atoms with van der Waals surface area (Å²) in [5.41, 5.74) is 2.62. The van der Waals surface area contributed by atoms with Gasteiger partial charge in [0.2, 0.25) is 5.91 Å². The number of H-pyrrole nitrogens is 1. The minimum Gasteiger partial charge on any atom is -0.400 e. The van der Waals surface area contributed by atoms with E-state index in [4.69, 9.17) is 9.31 Å². The first-order valence-electron chi connectivity index (χ1n) is 9.16. The van der Waals surface area contributed by atoms with Crippen molar-refractivity contribution in [3.63, 3.8) is 0 Å². The molecule has 0 aliphatic carbocycles. The molecule has 1 aromatic heterocycles. The lowest BCUT2D eigenvalue weighted by molar-refractivity contribution is -0.118. The fourth-order valence-electron chi connectivity index (χ4n) is 2.82. The number of hydrogen-bond acceptors (Lipinski definition) is 5. The third-order valence-electron chi connectivity index (χ3n) is 5.19. The molecule has 1 amide bonds. The molecule has 28 heavy (non-hydrogen) atoms. The number of aromatic nitrogens is 1. The van der Waals surface area contributed by atoms with E-state index in [1.165, 1.54) is 6.92 Å². The Morgan fingerprint density at radius 2 is 1.79 bits per heavy atom. The zero-order valence-electron chi connectivity index (χ0n) is 16.8. The normalized spacial score (nSPS) is 18.3. The van der Waals surface area contributed by atoms with Crippen LogP contribution in [0.25, 0.3) is 17.3 Å². The van der Waals surface area contributed by atoms with E-state index in [0.717, 1.165) is 33.6 Å². The van der Waals surface area contributed by atoms with Crippen molar-refractivity contribution in [3.8, 4) is 11.3 Å². The third kappa shape index (κ3) is 4.46. The lowest BCUT2D eigenvalue weighted by Gasteiger charge is -2.32. The lowest BCUT2D eigenvalue weighted by Crippen LogP contribution is -2.41. The molecule has 0 atom stereocenters. The molecule has 6 nitrogen and oxygen atoms in total. The molecular formula is C20H25BN2O4S. The first-order chi connectivity index (χ1) is 13.1. The Kier molecular flexibility index (Phi) is 5.65. The van der Waals surface area contributed by atoms with Gasteiger partial charge in [0.15, 0.2) is 0 Å². The highest BCUT2D eigenvalue weighted by Gasteiger charge is 2.52. The molecule has 1 aromatic carbocycles. The van der Waals surface area contributed by atoms with Gasteiger partial charge >= 0.3 is 12.0 Å². The number of hydrogen-bond donors (Lipinski definition) is 2. The van der Waals surface area contributed by atoms with Crippen LogP contribution in [0.15, 0.2) is 39.9 Å². The molecule has 1 fully saturated rings. The summed E-state index contributed by atoms with van der Waals surface area (Å²) in [6, 6.07) is 7.82. The number of carbonyl (C=O) groups is 1. The molecule has 0 radical (unpaired) electrons. The van der Waals surface area contributed by atoms with Crippen molar-refractivity contribution in [2.75, 3.05) is 6.54 Å². The Balaban J connectivity index is 1.86. The molecule has 8 heteroatoms. The van der Waals surface area contributed by atoms with E-state index in [0.29, 0.717) is 6.54 Å². The van der Waals surface area contributed by atoms with Crippen LogP contribution in [0.1, 0.15) is 40.2 Å². The monoisotopic (exact) mass is 400 g/mol. The number of benzene rings is 1. The molecule has 2 heterocycles. The van der Waals surface area contributed by atoms with Crippen molar-refractivity contribution in [3.05, 3.63) is 50.3 Å². The highest BCUT2D eigenvalue weighted by molar-refractivity contribution is 7.07. The van der Waals surface area contributed by atoms with Crippen molar-refractivity contribution >= 4 is 30.4 Å². The molecule has 2 aromatic rings. The second-order valence-corrected chi connectivity index (χ2v) is 8.74. The van der Waals surface area contributed by atoms with Gasteiger partial charge in [-0.3, -0.25) is 9.59 Å². The second kappa shape index (κ2) is 7.70. The quantitative estimate of drug-likeness (QED) is 0.756. The fraction of sp³-hybridized carbons (Fsp3) is 0.400. The van der Waals surface area contributed by atoms with Gasteiger partial charge in [0.25, 0.3) is 0 Å². The number of rotatable bonds is 5. The summed E-state index contributed by atoms with van der Waals surface area (Å²) in [5, 5.41) is 4.64. The number of nitrogens with one attached hydrogen (secondary N) is 2. The van der Waals surface area contributed by atoms with Crippen molar-refractivity contribution in [1.82, 2.24) is 10.3 Å². The van der Waals surface area contributed by atoms with Crippen LogP contribution in [0, 0.1) is 0 Å². The van der Waals surface area contributed by atoms with E-state index >= 15 is 0 Å².